The molecule has 0 radical (unpaired) electrons. The van der Waals surface area contributed by atoms with Crippen LogP contribution in [0.5, 0.6) is 5.75 Å². The first kappa shape index (κ1) is 22.2. The average molecular weight is 462 g/mol. The summed E-state index contributed by atoms with van der Waals surface area (Å²) in [6.45, 7) is 1.47. The topological polar surface area (TPSA) is 60.3 Å². The van der Waals surface area contributed by atoms with Gasteiger partial charge in [-0.1, -0.05) is 17.8 Å². The maximum absolute atomic E-state index is 13.3. The molecule has 3 aromatic rings. The van der Waals surface area contributed by atoms with E-state index in [1.54, 1.807) is 46.9 Å². The predicted octanol–water partition coefficient (Wildman–Crippen LogP) is 4.68. The van der Waals surface area contributed by atoms with Crippen molar-refractivity contribution >= 4 is 17.7 Å². The molecule has 1 aromatic heterocycles. The van der Waals surface area contributed by atoms with Crippen molar-refractivity contribution in [3.8, 4) is 22.8 Å². The Morgan fingerprint density at radius 3 is 2.47 bits per heavy atom. The molecule has 1 amide bonds. The minimum atomic E-state index is -4.48. The molecule has 6 nitrogen and oxygen atoms in total. The molecule has 1 aliphatic heterocycles. The van der Waals surface area contributed by atoms with Crippen molar-refractivity contribution in [1.29, 1.82) is 0 Å². The smallest absolute Gasteiger partial charge is 0.416 e. The number of benzene rings is 2. The third-order valence-electron chi connectivity index (χ3n) is 5.20. The van der Waals surface area contributed by atoms with Crippen molar-refractivity contribution in [3.05, 3.63) is 54.1 Å². The number of carbonyl (C=O) groups excluding carboxylic acids is 1. The summed E-state index contributed by atoms with van der Waals surface area (Å²) in [5.74, 6) is 1.14. The van der Waals surface area contributed by atoms with Gasteiger partial charge in [0.2, 0.25) is 5.91 Å². The zero-order valence-corrected chi connectivity index (χ0v) is 18.1. The standard InChI is InChI=1S/C22H21F3N4O2S/c1-31-18-9-7-15(8-10-18)20-26-27-21(32-14-19(30)28-11-2-3-12-28)29(20)17-6-4-5-16(13-17)22(23,24)25/h4-10,13H,2-3,11-12,14H2,1H3. The Kier molecular flexibility index (Phi) is 6.40. The number of likely N-dealkylation sites (tertiary alicyclic amines) is 1. The quantitative estimate of drug-likeness (QED) is 0.498. The van der Waals surface area contributed by atoms with Gasteiger partial charge in [0.15, 0.2) is 11.0 Å². The molecule has 4 rings (SSSR count). The molecule has 32 heavy (non-hydrogen) atoms. The summed E-state index contributed by atoms with van der Waals surface area (Å²) in [5.41, 5.74) is 0.161. The van der Waals surface area contributed by atoms with E-state index in [4.69, 9.17) is 4.74 Å². The minimum Gasteiger partial charge on any atom is -0.497 e. The molecule has 0 spiro atoms. The van der Waals surface area contributed by atoms with Crippen molar-refractivity contribution in [2.45, 2.75) is 24.2 Å². The number of hydrogen-bond acceptors (Lipinski definition) is 5. The van der Waals surface area contributed by atoms with E-state index in [1.165, 1.54) is 17.8 Å². The fraction of sp³-hybridized carbons (Fsp3) is 0.318. The second kappa shape index (κ2) is 9.23. The van der Waals surface area contributed by atoms with Crippen LogP contribution in [0.25, 0.3) is 17.1 Å². The van der Waals surface area contributed by atoms with Crippen LogP contribution in [0.4, 0.5) is 13.2 Å². The molecule has 0 saturated carbocycles. The highest BCUT2D eigenvalue weighted by Crippen LogP contribution is 2.33. The monoisotopic (exact) mass is 462 g/mol. The van der Waals surface area contributed by atoms with Crippen LogP contribution in [-0.2, 0) is 11.0 Å². The van der Waals surface area contributed by atoms with Crippen LogP contribution in [0, 0.1) is 0 Å². The summed E-state index contributed by atoms with van der Waals surface area (Å²) in [7, 11) is 1.55. The van der Waals surface area contributed by atoms with E-state index in [2.05, 4.69) is 10.2 Å². The fourth-order valence-electron chi connectivity index (χ4n) is 3.53. The van der Waals surface area contributed by atoms with Gasteiger partial charge in [-0.2, -0.15) is 13.2 Å². The van der Waals surface area contributed by atoms with E-state index in [9.17, 15) is 18.0 Å². The number of carbonyl (C=O) groups is 1. The Labute approximate surface area is 187 Å². The lowest BCUT2D eigenvalue weighted by atomic mass is 10.1. The van der Waals surface area contributed by atoms with Gasteiger partial charge in [-0.15, -0.1) is 10.2 Å². The van der Waals surface area contributed by atoms with E-state index in [0.717, 1.165) is 38.1 Å². The number of aromatic nitrogens is 3. The Hall–Kier alpha value is -3.01. The highest BCUT2D eigenvalue weighted by Gasteiger charge is 2.31. The van der Waals surface area contributed by atoms with Crippen molar-refractivity contribution in [2.24, 2.45) is 0 Å². The number of hydrogen-bond donors (Lipinski definition) is 0. The number of nitrogens with zero attached hydrogens (tertiary/aromatic N) is 4. The summed E-state index contributed by atoms with van der Waals surface area (Å²) in [6, 6.07) is 12.0. The molecule has 168 valence electrons. The SMILES string of the molecule is COc1ccc(-c2nnc(SCC(=O)N3CCCC3)n2-c2cccc(C(F)(F)F)c2)cc1. The number of halogens is 3. The molecule has 2 heterocycles. The van der Waals surface area contributed by atoms with Crippen LogP contribution in [0.3, 0.4) is 0 Å². The van der Waals surface area contributed by atoms with Gasteiger partial charge in [0.05, 0.1) is 24.1 Å². The first-order chi connectivity index (χ1) is 15.4. The normalized spacial score (nSPS) is 14.1. The van der Waals surface area contributed by atoms with Gasteiger partial charge in [0.1, 0.15) is 5.75 Å². The molecule has 2 aromatic carbocycles. The third-order valence-corrected chi connectivity index (χ3v) is 6.11. The minimum absolute atomic E-state index is 0.0166. The van der Waals surface area contributed by atoms with Gasteiger partial charge >= 0.3 is 6.18 Å². The largest absolute Gasteiger partial charge is 0.497 e. The van der Waals surface area contributed by atoms with Crippen molar-refractivity contribution in [3.63, 3.8) is 0 Å². The molecule has 0 bridgehead atoms. The van der Waals surface area contributed by atoms with Crippen molar-refractivity contribution < 1.29 is 22.7 Å². The van der Waals surface area contributed by atoms with Gasteiger partial charge in [-0.3, -0.25) is 9.36 Å². The first-order valence-corrected chi connectivity index (χ1v) is 11.0. The lowest BCUT2D eigenvalue weighted by molar-refractivity contribution is -0.137. The van der Waals surface area contributed by atoms with Crippen LogP contribution < -0.4 is 4.74 Å². The molecule has 10 heteroatoms. The summed E-state index contributed by atoms with van der Waals surface area (Å²) in [4.78, 5) is 14.3. The maximum atomic E-state index is 13.3. The van der Waals surface area contributed by atoms with E-state index < -0.39 is 11.7 Å². The maximum Gasteiger partial charge on any atom is 0.416 e. The summed E-state index contributed by atoms with van der Waals surface area (Å²) in [6.07, 6.45) is -2.51. The van der Waals surface area contributed by atoms with Gasteiger partial charge in [-0.25, -0.2) is 0 Å². The number of ether oxygens (including phenoxy) is 1. The Balaban J connectivity index is 1.71. The van der Waals surface area contributed by atoms with Crippen molar-refractivity contribution in [1.82, 2.24) is 19.7 Å². The van der Waals surface area contributed by atoms with Crippen LogP contribution in [0.1, 0.15) is 18.4 Å². The summed E-state index contributed by atoms with van der Waals surface area (Å²) >= 11 is 1.17. The number of amides is 1. The lowest BCUT2D eigenvalue weighted by Crippen LogP contribution is -2.29. The van der Waals surface area contributed by atoms with Crippen LogP contribution in [-0.4, -0.2) is 51.5 Å². The van der Waals surface area contributed by atoms with Gasteiger partial charge in [-0.05, 0) is 55.3 Å². The zero-order valence-electron chi connectivity index (χ0n) is 17.3. The molecule has 0 N–H and O–H groups in total. The molecule has 1 aliphatic rings. The van der Waals surface area contributed by atoms with Crippen LogP contribution in [0.2, 0.25) is 0 Å². The molecular formula is C22H21F3N4O2S. The first-order valence-electron chi connectivity index (χ1n) is 10.0. The predicted molar refractivity (Wildman–Crippen MR) is 115 cm³/mol. The van der Waals surface area contributed by atoms with Crippen molar-refractivity contribution in [2.75, 3.05) is 26.0 Å². The average Bonchev–Trinajstić information content (AvgIpc) is 3.47. The molecule has 0 atom stereocenters. The van der Waals surface area contributed by atoms with Crippen LogP contribution >= 0.6 is 11.8 Å². The molecule has 0 unspecified atom stereocenters. The Bertz CT molecular complexity index is 1090. The number of alkyl halides is 3. The van der Waals surface area contributed by atoms with Crippen LogP contribution in [0.15, 0.2) is 53.7 Å². The Morgan fingerprint density at radius 1 is 1.09 bits per heavy atom. The number of thioether (sulfide) groups is 1. The Morgan fingerprint density at radius 2 is 1.81 bits per heavy atom. The molecule has 1 fully saturated rings. The summed E-state index contributed by atoms with van der Waals surface area (Å²) < 4.78 is 46.7. The zero-order chi connectivity index (χ0) is 22.7. The van der Waals surface area contributed by atoms with E-state index in [-0.39, 0.29) is 17.3 Å². The number of methoxy groups -OCH3 is 1. The van der Waals surface area contributed by atoms with E-state index in [0.29, 0.717) is 22.3 Å². The molecule has 1 saturated heterocycles. The molecule has 0 aliphatic carbocycles. The fourth-order valence-corrected chi connectivity index (χ4v) is 4.38. The lowest BCUT2D eigenvalue weighted by Gasteiger charge is -2.16. The number of rotatable bonds is 6. The van der Waals surface area contributed by atoms with E-state index in [1.807, 2.05) is 0 Å². The third kappa shape index (κ3) is 4.74. The summed E-state index contributed by atoms with van der Waals surface area (Å²) in [5, 5.41) is 8.78. The second-order valence-electron chi connectivity index (χ2n) is 7.29. The van der Waals surface area contributed by atoms with Gasteiger partial charge in [0, 0.05) is 18.7 Å². The second-order valence-corrected chi connectivity index (χ2v) is 8.24. The molecular weight excluding hydrogens is 441 g/mol. The highest BCUT2D eigenvalue weighted by molar-refractivity contribution is 7.99. The van der Waals surface area contributed by atoms with Gasteiger partial charge < -0.3 is 9.64 Å². The highest BCUT2D eigenvalue weighted by atomic mass is 32.2. The van der Waals surface area contributed by atoms with E-state index >= 15 is 0 Å². The van der Waals surface area contributed by atoms with Gasteiger partial charge in [0.25, 0.3) is 0 Å².